The summed E-state index contributed by atoms with van der Waals surface area (Å²) in [4.78, 5) is 2.35. The van der Waals surface area contributed by atoms with Crippen LogP contribution in [0.25, 0.3) is 0 Å². The summed E-state index contributed by atoms with van der Waals surface area (Å²) in [5, 5.41) is 0. The Bertz CT molecular complexity index is 518. The first-order valence-corrected chi connectivity index (χ1v) is 8.94. The van der Waals surface area contributed by atoms with Crippen molar-refractivity contribution in [3.63, 3.8) is 0 Å². The van der Waals surface area contributed by atoms with Gasteiger partial charge in [-0.2, -0.15) is 0 Å². The summed E-state index contributed by atoms with van der Waals surface area (Å²) >= 11 is 0. The molecule has 3 rings (SSSR count). The minimum Gasteiger partial charge on any atom is -0.493 e. The Hall–Kier alpha value is -1.26. The second kappa shape index (κ2) is 7.10. The topological polar surface area (TPSA) is 47.7 Å². The van der Waals surface area contributed by atoms with Gasteiger partial charge in [-0.15, -0.1) is 0 Å². The lowest BCUT2D eigenvalue weighted by Crippen LogP contribution is -2.39. The van der Waals surface area contributed by atoms with E-state index in [1.165, 1.54) is 19.3 Å². The normalized spacial score (nSPS) is 22.7. The van der Waals surface area contributed by atoms with Gasteiger partial charge in [-0.3, -0.25) is 0 Å². The molecule has 1 aromatic carbocycles. The largest absolute Gasteiger partial charge is 0.493 e. The molecule has 2 aliphatic rings. The number of benzene rings is 1. The number of piperidine rings is 1. The van der Waals surface area contributed by atoms with Crippen LogP contribution in [0.15, 0.2) is 18.2 Å². The monoisotopic (exact) mass is 318 g/mol. The molecule has 0 aromatic heterocycles. The molecule has 4 nitrogen and oxygen atoms in total. The average Bonchev–Trinajstić information content (AvgIpc) is 2.57. The fraction of sp³-hybridized carbons (Fsp3) is 0.684. The van der Waals surface area contributed by atoms with Crippen molar-refractivity contribution in [2.24, 2.45) is 5.73 Å². The van der Waals surface area contributed by atoms with E-state index in [4.69, 9.17) is 15.2 Å². The maximum atomic E-state index is 6.73. The number of methoxy groups -OCH3 is 1. The lowest BCUT2D eigenvalue weighted by atomic mass is 9.77. The van der Waals surface area contributed by atoms with Crippen molar-refractivity contribution in [3.8, 4) is 11.5 Å². The second-order valence-corrected chi connectivity index (χ2v) is 7.17. The predicted molar refractivity (Wildman–Crippen MR) is 93.1 cm³/mol. The maximum absolute atomic E-state index is 6.73. The van der Waals surface area contributed by atoms with E-state index in [2.05, 4.69) is 24.1 Å². The minimum absolute atomic E-state index is 0.268. The van der Waals surface area contributed by atoms with Crippen molar-refractivity contribution in [3.05, 3.63) is 23.8 Å². The first-order valence-electron chi connectivity index (χ1n) is 8.94. The summed E-state index contributed by atoms with van der Waals surface area (Å²) in [5.74, 6) is 1.70. The van der Waals surface area contributed by atoms with Crippen LogP contribution in [-0.2, 0) is 5.54 Å². The van der Waals surface area contributed by atoms with E-state index >= 15 is 0 Å². The average molecular weight is 318 g/mol. The van der Waals surface area contributed by atoms with Gasteiger partial charge in [0.15, 0.2) is 11.5 Å². The molecule has 1 heterocycles. The standard InChI is InChI=1S/C19H30N2O2/c1-21-13-9-15(10-14-21)23-17-8-6-7-16(18(17)22-2)19(20)11-4-3-5-12-19/h6-8,15H,3-5,9-14,20H2,1-2H3. The highest BCUT2D eigenvalue weighted by molar-refractivity contribution is 5.50. The zero-order chi connectivity index (χ0) is 16.3. The molecule has 1 aromatic rings. The quantitative estimate of drug-likeness (QED) is 0.925. The van der Waals surface area contributed by atoms with Gasteiger partial charge in [0.25, 0.3) is 0 Å². The molecule has 1 saturated carbocycles. The molecule has 23 heavy (non-hydrogen) atoms. The van der Waals surface area contributed by atoms with Crippen LogP contribution in [0.1, 0.15) is 50.5 Å². The summed E-state index contributed by atoms with van der Waals surface area (Å²) in [7, 11) is 3.89. The molecule has 1 saturated heterocycles. The maximum Gasteiger partial charge on any atom is 0.165 e. The Labute approximate surface area is 139 Å². The van der Waals surface area contributed by atoms with E-state index in [1.807, 2.05) is 6.07 Å². The molecule has 2 N–H and O–H groups in total. The SMILES string of the molecule is COc1c(OC2CCN(C)CC2)cccc1C1(N)CCCCC1. The molecule has 0 radical (unpaired) electrons. The molecule has 0 atom stereocenters. The summed E-state index contributed by atoms with van der Waals surface area (Å²) in [6.45, 7) is 2.18. The van der Waals surface area contributed by atoms with Gasteiger partial charge in [-0.1, -0.05) is 31.4 Å². The molecule has 128 valence electrons. The number of hydrogen-bond donors (Lipinski definition) is 1. The van der Waals surface area contributed by atoms with Crippen molar-refractivity contribution >= 4 is 0 Å². The minimum atomic E-state index is -0.268. The third-order valence-corrected chi connectivity index (χ3v) is 5.42. The fourth-order valence-corrected chi connectivity index (χ4v) is 3.95. The van der Waals surface area contributed by atoms with E-state index in [0.717, 1.165) is 55.8 Å². The van der Waals surface area contributed by atoms with Crippen molar-refractivity contribution in [1.82, 2.24) is 4.90 Å². The number of ether oxygens (including phenoxy) is 2. The first kappa shape index (κ1) is 16.6. The van der Waals surface area contributed by atoms with E-state index in [9.17, 15) is 0 Å². The van der Waals surface area contributed by atoms with Crippen LogP contribution >= 0.6 is 0 Å². The highest BCUT2D eigenvalue weighted by Crippen LogP contribution is 2.43. The summed E-state index contributed by atoms with van der Waals surface area (Å²) in [6.07, 6.45) is 8.14. The number of likely N-dealkylation sites (tertiary alicyclic amines) is 1. The molecule has 1 aliphatic carbocycles. The molecular weight excluding hydrogens is 288 g/mol. The molecule has 0 unspecified atom stereocenters. The second-order valence-electron chi connectivity index (χ2n) is 7.17. The van der Waals surface area contributed by atoms with Crippen LogP contribution in [0.5, 0.6) is 11.5 Å². The van der Waals surface area contributed by atoms with Gasteiger partial charge < -0.3 is 20.1 Å². The van der Waals surface area contributed by atoms with Crippen LogP contribution in [0.4, 0.5) is 0 Å². The fourth-order valence-electron chi connectivity index (χ4n) is 3.95. The van der Waals surface area contributed by atoms with Gasteiger partial charge >= 0.3 is 0 Å². The summed E-state index contributed by atoms with van der Waals surface area (Å²) in [5.41, 5.74) is 7.58. The number of nitrogens with zero attached hydrogens (tertiary/aromatic N) is 1. The summed E-state index contributed by atoms with van der Waals surface area (Å²) < 4.78 is 12.0. The smallest absolute Gasteiger partial charge is 0.165 e. The third kappa shape index (κ3) is 3.64. The molecular formula is C19H30N2O2. The van der Waals surface area contributed by atoms with Crippen molar-refractivity contribution < 1.29 is 9.47 Å². The molecule has 0 spiro atoms. The van der Waals surface area contributed by atoms with Crippen LogP contribution in [-0.4, -0.2) is 38.3 Å². The number of nitrogens with two attached hydrogens (primary N) is 1. The van der Waals surface area contributed by atoms with Crippen LogP contribution in [0.2, 0.25) is 0 Å². The van der Waals surface area contributed by atoms with Crippen LogP contribution in [0.3, 0.4) is 0 Å². The van der Waals surface area contributed by atoms with E-state index in [0.29, 0.717) is 0 Å². The van der Waals surface area contributed by atoms with Crippen molar-refractivity contribution in [2.75, 3.05) is 27.2 Å². The van der Waals surface area contributed by atoms with E-state index in [1.54, 1.807) is 7.11 Å². The Balaban J connectivity index is 1.82. The Morgan fingerprint density at radius 2 is 1.83 bits per heavy atom. The van der Waals surface area contributed by atoms with Gasteiger partial charge in [0.05, 0.1) is 7.11 Å². The van der Waals surface area contributed by atoms with Crippen LogP contribution < -0.4 is 15.2 Å². The molecule has 0 amide bonds. The van der Waals surface area contributed by atoms with Gasteiger partial charge in [-0.05, 0) is 38.8 Å². The third-order valence-electron chi connectivity index (χ3n) is 5.42. The van der Waals surface area contributed by atoms with Crippen molar-refractivity contribution in [2.45, 2.75) is 56.6 Å². The zero-order valence-corrected chi connectivity index (χ0v) is 14.5. The lowest BCUT2D eigenvalue weighted by molar-refractivity contribution is 0.110. The van der Waals surface area contributed by atoms with Crippen molar-refractivity contribution in [1.29, 1.82) is 0 Å². The Morgan fingerprint density at radius 3 is 2.48 bits per heavy atom. The van der Waals surface area contributed by atoms with Gasteiger partial charge in [0.1, 0.15) is 6.10 Å². The van der Waals surface area contributed by atoms with Gasteiger partial charge in [-0.25, -0.2) is 0 Å². The Kier molecular flexibility index (Phi) is 5.12. The molecule has 2 fully saturated rings. The van der Waals surface area contributed by atoms with Gasteiger partial charge in [0, 0.05) is 24.2 Å². The predicted octanol–water partition coefficient (Wildman–Crippen LogP) is 3.29. The highest BCUT2D eigenvalue weighted by atomic mass is 16.5. The highest BCUT2D eigenvalue weighted by Gasteiger charge is 2.33. The van der Waals surface area contributed by atoms with E-state index in [-0.39, 0.29) is 11.6 Å². The molecule has 1 aliphatic heterocycles. The van der Waals surface area contributed by atoms with Crippen LogP contribution in [0, 0.1) is 0 Å². The Morgan fingerprint density at radius 1 is 1.13 bits per heavy atom. The first-order chi connectivity index (χ1) is 11.1. The lowest BCUT2D eigenvalue weighted by Gasteiger charge is -2.36. The zero-order valence-electron chi connectivity index (χ0n) is 14.5. The molecule has 4 heteroatoms. The number of hydrogen-bond acceptors (Lipinski definition) is 4. The summed E-state index contributed by atoms with van der Waals surface area (Å²) in [6, 6.07) is 6.20. The number of rotatable bonds is 4. The number of para-hydroxylation sites is 1. The van der Waals surface area contributed by atoms with Gasteiger partial charge in [0.2, 0.25) is 0 Å². The van der Waals surface area contributed by atoms with E-state index < -0.39 is 0 Å². The molecule has 0 bridgehead atoms.